The molecule has 23 heavy (non-hydrogen) atoms. The van der Waals surface area contributed by atoms with Crippen LogP contribution in [0.5, 0.6) is 0 Å². The highest BCUT2D eigenvalue weighted by Gasteiger charge is 2.25. The van der Waals surface area contributed by atoms with E-state index < -0.39 is 5.54 Å². The summed E-state index contributed by atoms with van der Waals surface area (Å²) in [5, 5.41) is 12.1. The molecule has 0 aliphatic heterocycles. The molecule has 0 saturated carbocycles. The highest BCUT2D eigenvalue weighted by atomic mass is 16.3. The molecule has 5 heteroatoms. The first-order chi connectivity index (χ1) is 11.0. The Bertz CT molecular complexity index is 673. The van der Waals surface area contributed by atoms with Crippen LogP contribution in [0.15, 0.2) is 36.5 Å². The van der Waals surface area contributed by atoms with E-state index >= 15 is 0 Å². The highest BCUT2D eigenvalue weighted by molar-refractivity contribution is 5.95. The zero-order valence-corrected chi connectivity index (χ0v) is 13.8. The third-order valence-electron chi connectivity index (χ3n) is 4.12. The van der Waals surface area contributed by atoms with E-state index in [9.17, 15) is 4.79 Å². The SMILES string of the molecule is CCC(C)(CCO)NC(=O)c1cnc(-c2ccccc2)nc1C. The van der Waals surface area contributed by atoms with Gasteiger partial charge in [-0.2, -0.15) is 0 Å². The Hall–Kier alpha value is -2.27. The predicted molar refractivity (Wildman–Crippen MR) is 90.1 cm³/mol. The lowest BCUT2D eigenvalue weighted by molar-refractivity contribution is 0.0884. The van der Waals surface area contributed by atoms with Crippen molar-refractivity contribution in [3.63, 3.8) is 0 Å². The highest BCUT2D eigenvalue weighted by Crippen LogP contribution is 2.18. The first-order valence-electron chi connectivity index (χ1n) is 7.81. The predicted octanol–water partition coefficient (Wildman–Crippen LogP) is 2.73. The summed E-state index contributed by atoms with van der Waals surface area (Å²) < 4.78 is 0. The second-order valence-electron chi connectivity index (χ2n) is 5.90. The van der Waals surface area contributed by atoms with Gasteiger partial charge in [-0.05, 0) is 26.7 Å². The molecule has 0 fully saturated rings. The number of amides is 1. The lowest BCUT2D eigenvalue weighted by Gasteiger charge is -2.29. The molecule has 2 N–H and O–H groups in total. The number of aliphatic hydroxyl groups is 1. The minimum Gasteiger partial charge on any atom is -0.396 e. The number of nitrogens with one attached hydrogen (secondary N) is 1. The number of benzene rings is 1. The molecule has 122 valence electrons. The van der Waals surface area contributed by atoms with Gasteiger partial charge in [-0.15, -0.1) is 0 Å². The van der Waals surface area contributed by atoms with Crippen LogP contribution in [0.1, 0.15) is 42.7 Å². The van der Waals surface area contributed by atoms with Crippen molar-refractivity contribution in [3.05, 3.63) is 47.8 Å². The summed E-state index contributed by atoms with van der Waals surface area (Å²) in [5.74, 6) is 0.396. The topological polar surface area (TPSA) is 75.1 Å². The van der Waals surface area contributed by atoms with Gasteiger partial charge < -0.3 is 10.4 Å². The molecule has 5 nitrogen and oxygen atoms in total. The van der Waals surface area contributed by atoms with Gasteiger partial charge in [0, 0.05) is 23.9 Å². The molecule has 0 aliphatic carbocycles. The number of carbonyl (C=O) groups excluding carboxylic acids is 1. The molecule has 1 aromatic carbocycles. The Morgan fingerprint density at radius 2 is 2.00 bits per heavy atom. The van der Waals surface area contributed by atoms with Crippen LogP contribution >= 0.6 is 0 Å². The van der Waals surface area contributed by atoms with Crippen LogP contribution in [0.25, 0.3) is 11.4 Å². The Morgan fingerprint density at radius 1 is 1.30 bits per heavy atom. The van der Waals surface area contributed by atoms with Gasteiger partial charge in [-0.3, -0.25) is 4.79 Å². The largest absolute Gasteiger partial charge is 0.396 e. The van der Waals surface area contributed by atoms with Gasteiger partial charge in [-0.25, -0.2) is 9.97 Å². The molecule has 1 amide bonds. The van der Waals surface area contributed by atoms with Crippen LogP contribution in [-0.2, 0) is 0 Å². The van der Waals surface area contributed by atoms with E-state index in [1.807, 2.05) is 44.2 Å². The summed E-state index contributed by atoms with van der Waals surface area (Å²) in [6, 6.07) is 9.66. The lowest BCUT2D eigenvalue weighted by Crippen LogP contribution is -2.46. The average Bonchev–Trinajstić information content (AvgIpc) is 2.55. The number of aromatic nitrogens is 2. The molecule has 0 saturated heterocycles. The van der Waals surface area contributed by atoms with E-state index in [1.165, 1.54) is 0 Å². The molecule has 1 atom stereocenters. The standard InChI is InChI=1S/C18H23N3O2/c1-4-18(3,10-11-22)21-17(23)15-12-19-16(20-13(15)2)14-8-6-5-7-9-14/h5-9,12,22H,4,10-11H2,1-3H3,(H,21,23). The third kappa shape index (κ3) is 4.13. The van der Waals surface area contributed by atoms with E-state index in [-0.39, 0.29) is 12.5 Å². The number of aliphatic hydroxyl groups excluding tert-OH is 1. The van der Waals surface area contributed by atoms with Crippen LogP contribution in [0.4, 0.5) is 0 Å². The molecular formula is C18H23N3O2. The third-order valence-corrected chi connectivity index (χ3v) is 4.12. The minimum atomic E-state index is -0.434. The number of rotatable bonds is 6. The maximum atomic E-state index is 12.5. The van der Waals surface area contributed by atoms with Gasteiger partial charge in [-0.1, -0.05) is 37.3 Å². The summed E-state index contributed by atoms with van der Waals surface area (Å²) in [4.78, 5) is 21.2. The zero-order chi connectivity index (χ0) is 16.9. The van der Waals surface area contributed by atoms with Gasteiger partial charge >= 0.3 is 0 Å². The van der Waals surface area contributed by atoms with Gasteiger partial charge in [0.25, 0.3) is 5.91 Å². The lowest BCUT2D eigenvalue weighted by atomic mass is 9.94. The van der Waals surface area contributed by atoms with Crippen molar-refractivity contribution in [2.24, 2.45) is 0 Å². The molecule has 2 aromatic rings. The number of hydrogen-bond donors (Lipinski definition) is 2. The van der Waals surface area contributed by atoms with Crippen LogP contribution in [0.2, 0.25) is 0 Å². The molecule has 1 aromatic heterocycles. The first-order valence-corrected chi connectivity index (χ1v) is 7.81. The van der Waals surface area contributed by atoms with Crippen LogP contribution < -0.4 is 5.32 Å². The zero-order valence-electron chi connectivity index (χ0n) is 13.8. The molecule has 0 radical (unpaired) electrons. The van der Waals surface area contributed by atoms with Crippen molar-refractivity contribution in [1.82, 2.24) is 15.3 Å². The van der Waals surface area contributed by atoms with Crippen molar-refractivity contribution >= 4 is 5.91 Å². The summed E-state index contributed by atoms with van der Waals surface area (Å²) in [7, 11) is 0. The number of hydrogen-bond acceptors (Lipinski definition) is 4. The van der Waals surface area contributed by atoms with Crippen molar-refractivity contribution in [1.29, 1.82) is 0 Å². The van der Waals surface area contributed by atoms with Crippen molar-refractivity contribution < 1.29 is 9.90 Å². The number of aryl methyl sites for hydroxylation is 1. The summed E-state index contributed by atoms with van der Waals surface area (Å²) >= 11 is 0. The van der Waals surface area contributed by atoms with E-state index in [2.05, 4.69) is 15.3 Å². The Morgan fingerprint density at radius 3 is 2.57 bits per heavy atom. The van der Waals surface area contributed by atoms with Crippen LogP contribution in [0.3, 0.4) is 0 Å². The number of nitrogens with zero attached hydrogens (tertiary/aromatic N) is 2. The fourth-order valence-corrected chi connectivity index (χ4v) is 2.33. The smallest absolute Gasteiger partial charge is 0.255 e. The molecule has 0 bridgehead atoms. The maximum Gasteiger partial charge on any atom is 0.255 e. The summed E-state index contributed by atoms with van der Waals surface area (Å²) in [6.45, 7) is 5.75. The molecule has 1 unspecified atom stereocenters. The van der Waals surface area contributed by atoms with Gasteiger partial charge in [0.05, 0.1) is 11.3 Å². The van der Waals surface area contributed by atoms with Gasteiger partial charge in [0.15, 0.2) is 5.82 Å². The first kappa shape index (κ1) is 17.1. The van der Waals surface area contributed by atoms with Crippen molar-refractivity contribution in [3.8, 4) is 11.4 Å². The molecule has 0 spiro atoms. The summed E-state index contributed by atoms with van der Waals surface area (Å²) in [5.41, 5.74) is 1.58. The fourth-order valence-electron chi connectivity index (χ4n) is 2.33. The average molecular weight is 313 g/mol. The maximum absolute atomic E-state index is 12.5. The molecule has 2 rings (SSSR count). The summed E-state index contributed by atoms with van der Waals surface area (Å²) in [6.07, 6.45) is 2.81. The number of carbonyl (C=O) groups is 1. The monoisotopic (exact) mass is 313 g/mol. The van der Waals surface area contributed by atoms with Gasteiger partial charge in [0.2, 0.25) is 0 Å². The fraction of sp³-hybridized carbons (Fsp3) is 0.389. The quantitative estimate of drug-likeness (QED) is 0.860. The Balaban J connectivity index is 2.22. The van der Waals surface area contributed by atoms with E-state index in [1.54, 1.807) is 13.1 Å². The molecule has 1 heterocycles. The van der Waals surface area contributed by atoms with E-state index in [0.717, 1.165) is 12.0 Å². The second kappa shape index (κ2) is 7.33. The molecule has 0 aliphatic rings. The van der Waals surface area contributed by atoms with E-state index in [4.69, 9.17) is 5.11 Å². The van der Waals surface area contributed by atoms with Gasteiger partial charge in [0.1, 0.15) is 0 Å². The Kier molecular flexibility index (Phi) is 5.45. The van der Waals surface area contributed by atoms with Crippen LogP contribution in [-0.4, -0.2) is 33.1 Å². The normalized spacial score (nSPS) is 13.4. The molecular weight excluding hydrogens is 290 g/mol. The Labute approximate surface area is 136 Å². The van der Waals surface area contributed by atoms with E-state index in [0.29, 0.717) is 23.5 Å². The minimum absolute atomic E-state index is 0.0348. The van der Waals surface area contributed by atoms with Crippen molar-refractivity contribution in [2.75, 3.05) is 6.61 Å². The second-order valence-corrected chi connectivity index (χ2v) is 5.90. The van der Waals surface area contributed by atoms with Crippen LogP contribution in [0, 0.1) is 6.92 Å². The van der Waals surface area contributed by atoms with Crippen molar-refractivity contribution in [2.45, 2.75) is 39.2 Å².